The second-order valence-electron chi connectivity index (χ2n) is 20.6. The lowest BCUT2D eigenvalue weighted by Gasteiger charge is -2.12. The van der Waals surface area contributed by atoms with Gasteiger partial charge in [0.05, 0.1) is 59.1 Å². The van der Waals surface area contributed by atoms with Gasteiger partial charge >= 0.3 is 0 Å². The van der Waals surface area contributed by atoms with Crippen molar-refractivity contribution >= 4 is 97.8 Å². The minimum atomic E-state index is -4.02. The first-order valence-corrected chi connectivity index (χ1v) is 34.4. The van der Waals surface area contributed by atoms with E-state index in [-0.39, 0.29) is 41.2 Å². The standard InChI is InChI=1S/2C29H26ClFN4O4S.C7H8O3S.CH3F/c2*1-40(36,37)13-12-32-16-22-8-11-27(39-22)19-6-9-26-23(14-19)29(34-18-33-26)35-21-7-10-28(24(30)15-21)38-17-20-4-2-3-5-25(20)31;1-6-2-4-7(5-3-6)11(8,9)10;1-2/h2*2-11,14-15,18,32H,12-13,16-17H2,1H3,(H,33,34,35);2-5H,1H3,(H,8,9,10);1H3/i;;;1D. The molecular weight excluding hydrogens is 1300 g/mol. The molecule has 0 saturated carbocycles. The fourth-order valence-electron chi connectivity index (χ4n) is 8.73. The normalized spacial score (nSPS) is 11.5. The van der Waals surface area contributed by atoms with Crippen molar-refractivity contribution in [3.8, 4) is 34.1 Å². The van der Waals surface area contributed by atoms with E-state index in [0.717, 1.165) is 38.5 Å². The summed E-state index contributed by atoms with van der Waals surface area (Å²) in [6, 6.07) is 48.2. The van der Waals surface area contributed by atoms with Crippen LogP contribution in [0.5, 0.6) is 11.5 Å². The lowest BCUT2D eigenvalue weighted by atomic mass is 10.1. The molecular formula is C66H63Cl2F3N8O11S3. The number of aryl methyl sites for hydroxylation is 1. The summed E-state index contributed by atoms with van der Waals surface area (Å²) in [5.41, 5.74) is 6.37. The van der Waals surface area contributed by atoms with Crippen LogP contribution in [0.3, 0.4) is 0 Å². The van der Waals surface area contributed by atoms with E-state index in [4.69, 9.17) is 47.4 Å². The Morgan fingerprint density at radius 3 is 1.35 bits per heavy atom. The molecule has 486 valence electrons. The third-order valence-corrected chi connectivity index (χ3v) is 16.8. The summed E-state index contributed by atoms with van der Waals surface area (Å²) in [5, 5.41) is 15.0. The number of hydrogen-bond donors (Lipinski definition) is 5. The van der Waals surface area contributed by atoms with Crippen LogP contribution < -0.4 is 30.7 Å². The highest BCUT2D eigenvalue weighted by Crippen LogP contribution is 2.35. The molecule has 0 radical (unpaired) electrons. The first-order chi connectivity index (χ1) is 44.9. The molecule has 0 fully saturated rings. The van der Waals surface area contributed by atoms with Crippen LogP contribution in [0.1, 0.15) is 29.6 Å². The molecule has 0 spiro atoms. The molecule has 7 aromatic carbocycles. The Morgan fingerprint density at radius 2 is 0.968 bits per heavy atom. The molecule has 5 N–H and O–H groups in total. The van der Waals surface area contributed by atoms with E-state index in [2.05, 4.69) is 41.2 Å². The average Bonchev–Trinajstić information content (AvgIpc) is 1.26. The molecule has 4 aromatic heterocycles. The number of benzene rings is 7. The number of nitrogens with zero attached hydrogens (tertiary/aromatic N) is 4. The van der Waals surface area contributed by atoms with E-state index in [0.29, 0.717) is 105 Å². The monoisotopic (exact) mass is 1370 g/mol. The quantitative estimate of drug-likeness (QED) is 0.0294. The third kappa shape index (κ3) is 21.0. The van der Waals surface area contributed by atoms with E-state index < -0.39 is 36.9 Å². The van der Waals surface area contributed by atoms with Crippen molar-refractivity contribution < 1.29 is 62.7 Å². The average molecular weight is 1370 g/mol. The number of furan rings is 2. The van der Waals surface area contributed by atoms with Gasteiger partial charge in [0.1, 0.15) is 103 Å². The molecule has 93 heavy (non-hydrogen) atoms. The van der Waals surface area contributed by atoms with Crippen molar-refractivity contribution in [2.24, 2.45) is 0 Å². The molecule has 0 amide bonds. The zero-order chi connectivity index (χ0) is 67.4. The van der Waals surface area contributed by atoms with Crippen LogP contribution in [-0.4, -0.2) is 94.0 Å². The number of aromatic nitrogens is 4. The number of nitrogens with one attached hydrogen (secondary N) is 4. The smallest absolute Gasteiger partial charge is 0.294 e. The van der Waals surface area contributed by atoms with Crippen molar-refractivity contribution in [1.82, 2.24) is 30.6 Å². The van der Waals surface area contributed by atoms with Gasteiger partial charge in [-0.2, -0.15) is 8.42 Å². The molecule has 11 rings (SSSR count). The van der Waals surface area contributed by atoms with Crippen LogP contribution in [0.4, 0.5) is 36.2 Å². The van der Waals surface area contributed by atoms with Crippen LogP contribution in [0.25, 0.3) is 44.5 Å². The molecule has 0 atom stereocenters. The largest absolute Gasteiger partial charge is 0.487 e. The molecule has 0 aliphatic heterocycles. The van der Waals surface area contributed by atoms with E-state index >= 15 is 0 Å². The zero-order valence-corrected chi connectivity index (χ0v) is 54.1. The Labute approximate surface area is 547 Å². The summed E-state index contributed by atoms with van der Waals surface area (Å²) in [4.78, 5) is 17.5. The molecule has 0 aliphatic rings. The lowest BCUT2D eigenvalue weighted by Crippen LogP contribution is -2.21. The molecule has 0 bridgehead atoms. The van der Waals surface area contributed by atoms with Crippen LogP contribution in [0, 0.1) is 18.6 Å². The van der Waals surface area contributed by atoms with Crippen LogP contribution >= 0.6 is 23.2 Å². The first kappa shape index (κ1) is 68.4. The topological polar surface area (TPSA) is 267 Å². The molecule has 27 heteroatoms. The zero-order valence-electron chi connectivity index (χ0n) is 51.1. The van der Waals surface area contributed by atoms with Crippen LogP contribution in [0.15, 0.2) is 196 Å². The number of anilines is 4. The Balaban J connectivity index is 0.000000200. The third-order valence-electron chi connectivity index (χ3n) is 13.5. The summed E-state index contributed by atoms with van der Waals surface area (Å²) < 4.78 is 141. The summed E-state index contributed by atoms with van der Waals surface area (Å²) in [5.74, 6) is 4.20. The Kier molecular flexibility index (Phi) is 24.0. The second-order valence-corrected chi connectivity index (χ2v) is 27.4. The van der Waals surface area contributed by atoms with Gasteiger partial charge in [-0.05, 0) is 128 Å². The first-order valence-electron chi connectivity index (χ1n) is 28.8. The highest BCUT2D eigenvalue weighted by atomic mass is 35.5. The highest BCUT2D eigenvalue weighted by molar-refractivity contribution is 7.90. The number of rotatable bonds is 23. The summed E-state index contributed by atoms with van der Waals surface area (Å²) in [6.07, 6.45) is 5.37. The van der Waals surface area contributed by atoms with Crippen LogP contribution in [0.2, 0.25) is 10.0 Å². The Morgan fingerprint density at radius 1 is 0.548 bits per heavy atom. The molecule has 0 unspecified atom stereocenters. The fraction of sp³-hybridized carbons (Fsp3) is 0.182. The predicted octanol–water partition coefficient (Wildman–Crippen LogP) is 14.1. The summed E-state index contributed by atoms with van der Waals surface area (Å²) in [7, 11) is -11.1. The van der Waals surface area contributed by atoms with Crippen molar-refractivity contribution in [3.05, 3.63) is 232 Å². The minimum Gasteiger partial charge on any atom is -0.487 e. The van der Waals surface area contributed by atoms with E-state index in [9.17, 15) is 38.4 Å². The Bertz CT molecular complexity index is 4470. The number of hydrogen-bond acceptors (Lipinski definition) is 18. The maximum Gasteiger partial charge on any atom is 0.294 e. The van der Waals surface area contributed by atoms with Crippen LogP contribution in [-0.2, 0) is 56.1 Å². The van der Waals surface area contributed by atoms with Gasteiger partial charge in [0.25, 0.3) is 10.1 Å². The summed E-state index contributed by atoms with van der Waals surface area (Å²) in [6.45, 7) is 3.49. The fourth-order valence-corrected chi connectivity index (χ4v) is 10.7. The van der Waals surface area contributed by atoms with E-state index in [1.54, 1.807) is 84.9 Å². The number of fused-ring (bicyclic) bond motifs is 2. The predicted molar refractivity (Wildman–Crippen MR) is 356 cm³/mol. The van der Waals surface area contributed by atoms with E-state index in [1.807, 2.05) is 67.6 Å². The van der Waals surface area contributed by atoms with Gasteiger partial charge in [0.2, 0.25) is 0 Å². The molecule has 4 heterocycles. The minimum absolute atomic E-state index is 0.0592. The van der Waals surface area contributed by atoms with Crippen molar-refractivity contribution in [1.29, 1.82) is 0 Å². The van der Waals surface area contributed by atoms with Crippen molar-refractivity contribution in [2.45, 2.75) is 38.1 Å². The van der Waals surface area contributed by atoms with Gasteiger partial charge in [-0.1, -0.05) is 77.3 Å². The second kappa shape index (κ2) is 32.6. The van der Waals surface area contributed by atoms with Gasteiger partial charge in [-0.3, -0.25) is 8.94 Å². The van der Waals surface area contributed by atoms with Gasteiger partial charge in [0.15, 0.2) is 0 Å². The van der Waals surface area contributed by atoms with Gasteiger partial charge in [-0.25, -0.2) is 45.6 Å². The number of alkyl halides is 1. The number of ether oxygens (including phenoxy) is 2. The Hall–Kier alpha value is -8.92. The van der Waals surface area contributed by atoms with Crippen molar-refractivity contribution in [3.63, 3.8) is 0 Å². The number of sulfone groups is 2. The highest BCUT2D eigenvalue weighted by Gasteiger charge is 2.16. The van der Waals surface area contributed by atoms with Gasteiger partial charge in [-0.15, -0.1) is 0 Å². The van der Waals surface area contributed by atoms with Crippen molar-refractivity contribution in [2.75, 3.05) is 54.9 Å². The number of halogens is 5. The van der Waals surface area contributed by atoms with Gasteiger partial charge in [0, 0.05) is 70.0 Å². The maximum atomic E-state index is 13.9. The molecule has 0 saturated heterocycles. The maximum absolute atomic E-state index is 13.9. The van der Waals surface area contributed by atoms with Gasteiger partial charge < -0.3 is 39.6 Å². The summed E-state index contributed by atoms with van der Waals surface area (Å²) >= 11 is 12.9. The molecule has 19 nitrogen and oxygen atoms in total. The lowest BCUT2D eigenvalue weighted by molar-refractivity contribution is 0.300. The molecule has 11 aromatic rings. The molecule has 0 aliphatic carbocycles. The SMILES string of the molecule is CS(=O)(=O)CCNCc1ccc(-c2ccc3ncnc(Nc4ccc(OCc5ccccc5F)c(Cl)c4)c3c2)o1.CS(=O)(=O)CCNCc1ccc(-c2ccc3ncnc(Nc4ccc(OCc5ccccc5F)c(Cl)c4)c3c2)o1.Cc1ccc(S(=O)(=O)O)cc1.[2H]CF. The van der Waals surface area contributed by atoms with E-state index in [1.165, 1.54) is 49.4 Å².